The summed E-state index contributed by atoms with van der Waals surface area (Å²) in [4.78, 5) is 26.3. The van der Waals surface area contributed by atoms with E-state index in [1.54, 1.807) is 17.0 Å². The van der Waals surface area contributed by atoms with Crippen LogP contribution < -0.4 is 10.2 Å². The van der Waals surface area contributed by atoms with Crippen molar-refractivity contribution >= 4 is 27.5 Å². The SMILES string of the molecule is O=C(NC1CC1)[C@@H]1CC(=O)N(c2ccc(S(=O)(=O)N3CCOCC3)cc2)C1. The fourth-order valence-electron chi connectivity index (χ4n) is 3.41. The quantitative estimate of drug-likeness (QED) is 0.778. The lowest BCUT2D eigenvalue weighted by Gasteiger charge is -2.26. The summed E-state index contributed by atoms with van der Waals surface area (Å²) in [6, 6.07) is 6.57. The van der Waals surface area contributed by atoms with Gasteiger partial charge in [-0.05, 0) is 37.1 Å². The van der Waals surface area contributed by atoms with Gasteiger partial charge in [-0.1, -0.05) is 0 Å². The van der Waals surface area contributed by atoms with E-state index in [9.17, 15) is 18.0 Å². The number of nitrogens with one attached hydrogen (secondary N) is 1. The van der Waals surface area contributed by atoms with Gasteiger partial charge in [-0.15, -0.1) is 0 Å². The number of anilines is 1. The van der Waals surface area contributed by atoms with Crippen LogP contribution in [0.3, 0.4) is 0 Å². The molecule has 2 saturated heterocycles. The van der Waals surface area contributed by atoms with E-state index in [0.29, 0.717) is 38.5 Å². The van der Waals surface area contributed by atoms with Gasteiger partial charge in [0.05, 0.1) is 24.0 Å². The highest BCUT2D eigenvalue weighted by molar-refractivity contribution is 7.89. The minimum atomic E-state index is -3.56. The Bertz CT molecular complexity index is 829. The molecule has 2 heterocycles. The number of rotatable bonds is 5. The summed E-state index contributed by atoms with van der Waals surface area (Å²) in [7, 11) is -3.56. The van der Waals surface area contributed by atoms with Crippen LogP contribution >= 0.6 is 0 Å². The zero-order valence-electron chi connectivity index (χ0n) is 15.0. The minimum absolute atomic E-state index is 0.0696. The molecule has 2 aliphatic heterocycles. The van der Waals surface area contributed by atoms with E-state index in [4.69, 9.17) is 4.74 Å². The topological polar surface area (TPSA) is 96.0 Å². The molecule has 0 bridgehead atoms. The molecular weight excluding hydrogens is 370 g/mol. The molecule has 4 rings (SSSR count). The first-order valence-electron chi connectivity index (χ1n) is 9.24. The van der Waals surface area contributed by atoms with Crippen molar-refractivity contribution in [2.24, 2.45) is 5.92 Å². The van der Waals surface area contributed by atoms with E-state index in [1.807, 2.05) is 0 Å². The molecule has 3 aliphatic rings. The molecule has 1 saturated carbocycles. The Kier molecular flexibility index (Phi) is 4.92. The lowest BCUT2D eigenvalue weighted by atomic mass is 10.1. The van der Waals surface area contributed by atoms with Crippen LogP contribution in [0.1, 0.15) is 19.3 Å². The molecule has 1 N–H and O–H groups in total. The number of morpholine rings is 1. The lowest BCUT2D eigenvalue weighted by molar-refractivity contribution is -0.126. The summed E-state index contributed by atoms with van der Waals surface area (Å²) in [5.74, 6) is -0.538. The summed E-state index contributed by atoms with van der Waals surface area (Å²) >= 11 is 0. The monoisotopic (exact) mass is 393 g/mol. The van der Waals surface area contributed by atoms with E-state index in [-0.39, 0.29) is 35.1 Å². The molecule has 3 fully saturated rings. The number of hydrogen-bond donors (Lipinski definition) is 1. The van der Waals surface area contributed by atoms with E-state index >= 15 is 0 Å². The maximum absolute atomic E-state index is 12.7. The summed E-state index contributed by atoms with van der Waals surface area (Å²) in [5.41, 5.74) is 0.614. The van der Waals surface area contributed by atoms with Gasteiger partial charge in [0, 0.05) is 37.8 Å². The first-order valence-corrected chi connectivity index (χ1v) is 10.7. The van der Waals surface area contributed by atoms with Crippen molar-refractivity contribution in [3.8, 4) is 0 Å². The second-order valence-corrected chi connectivity index (χ2v) is 9.14. The Morgan fingerprint density at radius 1 is 1.11 bits per heavy atom. The molecule has 27 heavy (non-hydrogen) atoms. The fourth-order valence-corrected chi connectivity index (χ4v) is 4.82. The van der Waals surface area contributed by atoms with Crippen LogP contribution in [0.15, 0.2) is 29.2 Å². The lowest BCUT2D eigenvalue weighted by Crippen LogP contribution is -2.40. The average Bonchev–Trinajstić information content (AvgIpc) is 3.41. The van der Waals surface area contributed by atoms with Gasteiger partial charge in [-0.2, -0.15) is 4.31 Å². The number of amides is 2. The van der Waals surface area contributed by atoms with Crippen molar-refractivity contribution in [1.82, 2.24) is 9.62 Å². The summed E-state index contributed by atoms with van der Waals surface area (Å²) < 4.78 is 32.0. The highest BCUT2D eigenvalue weighted by atomic mass is 32.2. The zero-order valence-corrected chi connectivity index (χ0v) is 15.8. The highest BCUT2D eigenvalue weighted by Gasteiger charge is 2.37. The molecule has 1 aromatic carbocycles. The smallest absolute Gasteiger partial charge is 0.243 e. The Morgan fingerprint density at radius 2 is 1.78 bits per heavy atom. The number of sulfonamides is 1. The minimum Gasteiger partial charge on any atom is -0.379 e. The van der Waals surface area contributed by atoms with Gasteiger partial charge in [0.1, 0.15) is 0 Å². The second kappa shape index (κ2) is 7.21. The van der Waals surface area contributed by atoms with E-state index in [0.717, 1.165) is 12.8 Å². The Morgan fingerprint density at radius 3 is 2.41 bits per heavy atom. The van der Waals surface area contributed by atoms with Crippen molar-refractivity contribution in [3.05, 3.63) is 24.3 Å². The third kappa shape index (κ3) is 3.85. The fraction of sp³-hybridized carbons (Fsp3) is 0.556. The molecular formula is C18H23N3O5S. The van der Waals surface area contributed by atoms with E-state index in [1.165, 1.54) is 16.4 Å². The molecule has 0 radical (unpaired) electrons. The van der Waals surface area contributed by atoms with Gasteiger partial charge in [-0.25, -0.2) is 8.42 Å². The van der Waals surface area contributed by atoms with Crippen LogP contribution in [0, 0.1) is 5.92 Å². The highest BCUT2D eigenvalue weighted by Crippen LogP contribution is 2.28. The van der Waals surface area contributed by atoms with Crippen LogP contribution in [-0.4, -0.2) is 63.4 Å². The van der Waals surface area contributed by atoms with Crippen LogP contribution in [0.5, 0.6) is 0 Å². The Hall–Kier alpha value is -1.97. The van der Waals surface area contributed by atoms with Gasteiger partial charge >= 0.3 is 0 Å². The van der Waals surface area contributed by atoms with Crippen LogP contribution in [0.2, 0.25) is 0 Å². The van der Waals surface area contributed by atoms with Gasteiger partial charge < -0.3 is 15.0 Å². The third-order valence-corrected chi connectivity index (χ3v) is 7.09. The molecule has 1 aliphatic carbocycles. The van der Waals surface area contributed by atoms with Crippen molar-refractivity contribution in [1.29, 1.82) is 0 Å². The van der Waals surface area contributed by atoms with Crippen molar-refractivity contribution in [2.75, 3.05) is 37.7 Å². The summed E-state index contributed by atoms with van der Waals surface area (Å²) in [6.45, 7) is 1.79. The normalized spacial score (nSPS) is 24.2. The Labute approximate surface area is 158 Å². The van der Waals surface area contributed by atoms with Crippen molar-refractivity contribution < 1.29 is 22.7 Å². The predicted octanol–water partition coefficient (Wildman–Crippen LogP) is 0.339. The maximum atomic E-state index is 12.7. The number of ether oxygens (including phenoxy) is 1. The molecule has 0 unspecified atom stereocenters. The summed E-state index contributed by atoms with van der Waals surface area (Å²) in [6.07, 6.45) is 2.21. The first kappa shape index (κ1) is 18.4. The van der Waals surface area contributed by atoms with Gasteiger partial charge in [-0.3, -0.25) is 9.59 Å². The Balaban J connectivity index is 1.45. The first-order chi connectivity index (χ1) is 12.9. The van der Waals surface area contributed by atoms with Crippen molar-refractivity contribution in [2.45, 2.75) is 30.2 Å². The van der Waals surface area contributed by atoms with Gasteiger partial charge in [0.2, 0.25) is 21.8 Å². The van der Waals surface area contributed by atoms with Gasteiger partial charge in [0.15, 0.2) is 0 Å². The molecule has 1 atom stereocenters. The number of carbonyl (C=O) groups is 2. The number of carbonyl (C=O) groups excluding carboxylic acids is 2. The predicted molar refractivity (Wildman–Crippen MR) is 97.6 cm³/mol. The zero-order chi connectivity index (χ0) is 19.0. The van der Waals surface area contributed by atoms with Gasteiger partial charge in [0.25, 0.3) is 0 Å². The summed E-state index contributed by atoms with van der Waals surface area (Å²) in [5, 5.41) is 2.94. The average molecular weight is 393 g/mol. The van der Waals surface area contributed by atoms with Crippen LogP contribution in [-0.2, 0) is 24.3 Å². The molecule has 2 amide bonds. The molecule has 1 aromatic rings. The second-order valence-electron chi connectivity index (χ2n) is 7.20. The maximum Gasteiger partial charge on any atom is 0.243 e. The van der Waals surface area contributed by atoms with Crippen LogP contribution in [0.25, 0.3) is 0 Å². The number of hydrogen-bond acceptors (Lipinski definition) is 5. The number of benzene rings is 1. The molecule has 0 spiro atoms. The van der Waals surface area contributed by atoms with E-state index in [2.05, 4.69) is 5.32 Å². The standard InChI is InChI=1S/C18H23N3O5S/c22-17-11-13(18(23)19-14-1-2-14)12-21(17)15-3-5-16(6-4-15)27(24,25)20-7-9-26-10-8-20/h3-6,13-14H,1-2,7-12H2,(H,19,23)/t13-/m1/s1. The van der Waals surface area contributed by atoms with Crippen LogP contribution in [0.4, 0.5) is 5.69 Å². The molecule has 0 aromatic heterocycles. The third-order valence-electron chi connectivity index (χ3n) is 5.18. The van der Waals surface area contributed by atoms with E-state index < -0.39 is 10.0 Å². The van der Waals surface area contributed by atoms with Crippen molar-refractivity contribution in [3.63, 3.8) is 0 Å². The molecule has 146 valence electrons. The number of nitrogens with zero attached hydrogens (tertiary/aromatic N) is 2. The molecule has 8 nitrogen and oxygen atoms in total. The largest absolute Gasteiger partial charge is 0.379 e. The molecule has 9 heteroatoms.